The average Bonchev–Trinajstić information content (AvgIpc) is 3.07. The minimum absolute atomic E-state index is 0.349. The lowest BCUT2D eigenvalue weighted by Gasteiger charge is -1.98. The average molecular weight is 312 g/mol. The Hall–Kier alpha value is -2.67. The van der Waals surface area contributed by atoms with E-state index in [0.717, 1.165) is 17.3 Å². The van der Waals surface area contributed by atoms with Gasteiger partial charge in [0, 0.05) is 0 Å². The Morgan fingerprint density at radius 2 is 2.05 bits per heavy atom. The number of hydrogen-bond acceptors (Lipinski definition) is 5. The highest BCUT2D eigenvalue weighted by molar-refractivity contribution is 8.18. The Labute approximate surface area is 130 Å². The fraction of sp³-hybridized carbons (Fsp3) is 0.0667. The Bertz CT molecular complexity index is 765. The van der Waals surface area contributed by atoms with Crippen molar-refractivity contribution < 1.29 is 9.59 Å². The van der Waals surface area contributed by atoms with Crippen LogP contribution in [-0.2, 0) is 11.3 Å². The third-order valence-electron chi connectivity index (χ3n) is 2.90. The minimum Gasteiger partial charge on any atom is -0.282 e. The second kappa shape index (κ2) is 6.40. The third kappa shape index (κ3) is 3.50. The number of nitrogens with zero attached hydrogens (tertiary/aromatic N) is 3. The van der Waals surface area contributed by atoms with Crippen molar-refractivity contribution >= 4 is 29.0 Å². The fourth-order valence-corrected chi connectivity index (χ4v) is 2.54. The van der Waals surface area contributed by atoms with Gasteiger partial charge in [0.2, 0.25) is 0 Å². The first-order valence-corrected chi connectivity index (χ1v) is 7.38. The molecule has 0 spiro atoms. The Balaban J connectivity index is 1.64. The number of amides is 2. The van der Waals surface area contributed by atoms with Crippen molar-refractivity contribution in [1.29, 1.82) is 0 Å². The summed E-state index contributed by atoms with van der Waals surface area (Å²) in [6.07, 6.45) is 6.81. The largest absolute Gasteiger partial charge is 0.290 e. The van der Waals surface area contributed by atoms with Crippen molar-refractivity contribution in [3.8, 4) is 0 Å². The van der Waals surface area contributed by atoms with E-state index >= 15 is 0 Å². The van der Waals surface area contributed by atoms with Crippen molar-refractivity contribution in [3.63, 3.8) is 0 Å². The Kier molecular flexibility index (Phi) is 4.15. The summed E-state index contributed by atoms with van der Waals surface area (Å²) in [5.74, 6) is -0.368. The number of hydrogen-bond donors (Lipinski definition) is 1. The summed E-state index contributed by atoms with van der Waals surface area (Å²) >= 11 is 0.885. The highest BCUT2D eigenvalue weighted by Gasteiger charge is 2.24. The van der Waals surface area contributed by atoms with Crippen molar-refractivity contribution in [2.75, 3.05) is 0 Å². The number of carbonyl (C=O) groups is 2. The molecule has 0 radical (unpaired) electrons. The van der Waals surface area contributed by atoms with Crippen LogP contribution >= 0.6 is 11.8 Å². The summed E-state index contributed by atoms with van der Waals surface area (Å²) in [5.41, 5.74) is 1.82. The number of imide groups is 1. The quantitative estimate of drug-likeness (QED) is 0.876. The first-order valence-electron chi connectivity index (χ1n) is 6.56. The molecule has 22 heavy (non-hydrogen) atoms. The van der Waals surface area contributed by atoms with E-state index in [0.29, 0.717) is 17.1 Å². The van der Waals surface area contributed by atoms with E-state index in [4.69, 9.17) is 0 Å². The lowest BCUT2D eigenvalue weighted by molar-refractivity contribution is -0.115. The molecule has 1 fully saturated rings. The monoisotopic (exact) mass is 312 g/mol. The zero-order valence-corrected chi connectivity index (χ0v) is 12.3. The molecule has 1 aromatic carbocycles. The summed E-state index contributed by atoms with van der Waals surface area (Å²) in [4.78, 5) is 22.7. The molecule has 0 bridgehead atoms. The molecule has 2 aromatic rings. The molecule has 2 heterocycles. The summed E-state index contributed by atoms with van der Waals surface area (Å²) in [7, 11) is 0. The van der Waals surface area contributed by atoms with Gasteiger partial charge in [-0.3, -0.25) is 14.9 Å². The number of thioether (sulfide) groups is 1. The zero-order valence-electron chi connectivity index (χ0n) is 11.5. The van der Waals surface area contributed by atoms with E-state index in [1.54, 1.807) is 22.9 Å². The molecule has 7 heteroatoms. The van der Waals surface area contributed by atoms with Gasteiger partial charge in [-0.15, -0.1) is 5.10 Å². The molecule has 1 aliphatic rings. The molecule has 1 aliphatic heterocycles. The maximum Gasteiger partial charge on any atom is 0.290 e. The van der Waals surface area contributed by atoms with E-state index in [2.05, 4.69) is 15.6 Å². The lowest BCUT2D eigenvalue weighted by Crippen LogP contribution is -2.17. The van der Waals surface area contributed by atoms with E-state index in [1.807, 2.05) is 36.5 Å². The number of nitrogens with one attached hydrogen (secondary N) is 1. The first-order chi connectivity index (χ1) is 10.7. The molecule has 110 valence electrons. The third-order valence-corrected chi connectivity index (χ3v) is 3.73. The summed E-state index contributed by atoms with van der Waals surface area (Å²) in [6, 6.07) is 9.97. The van der Waals surface area contributed by atoms with E-state index < -0.39 is 0 Å². The molecule has 0 saturated carbocycles. The van der Waals surface area contributed by atoms with Crippen LogP contribution in [0.25, 0.3) is 6.08 Å². The predicted molar refractivity (Wildman–Crippen MR) is 83.8 cm³/mol. The van der Waals surface area contributed by atoms with Gasteiger partial charge in [0.05, 0.1) is 17.6 Å². The van der Waals surface area contributed by atoms with Crippen LogP contribution in [0, 0.1) is 0 Å². The van der Waals surface area contributed by atoms with E-state index in [9.17, 15) is 9.59 Å². The summed E-state index contributed by atoms with van der Waals surface area (Å²) < 4.78 is 1.74. The van der Waals surface area contributed by atoms with Gasteiger partial charge < -0.3 is 0 Å². The molecule has 6 nitrogen and oxygen atoms in total. The van der Waals surface area contributed by atoms with Gasteiger partial charge in [0.25, 0.3) is 11.1 Å². The van der Waals surface area contributed by atoms with Crippen molar-refractivity contribution in [2.24, 2.45) is 0 Å². The van der Waals surface area contributed by atoms with Crippen LogP contribution in [0.3, 0.4) is 0 Å². The molecule has 0 unspecified atom stereocenters. The molecular weight excluding hydrogens is 300 g/mol. The smallest absolute Gasteiger partial charge is 0.282 e. The molecule has 1 N–H and O–H groups in total. The topological polar surface area (TPSA) is 76.9 Å². The Morgan fingerprint density at radius 1 is 1.23 bits per heavy atom. The van der Waals surface area contributed by atoms with Crippen LogP contribution in [0.2, 0.25) is 0 Å². The van der Waals surface area contributed by atoms with Gasteiger partial charge in [-0.1, -0.05) is 41.6 Å². The molecule has 0 atom stereocenters. The van der Waals surface area contributed by atoms with E-state index in [1.165, 1.54) is 0 Å². The predicted octanol–water partition coefficient (Wildman–Crippen LogP) is 2.21. The van der Waals surface area contributed by atoms with Crippen molar-refractivity contribution in [1.82, 2.24) is 20.3 Å². The number of rotatable bonds is 4. The molecule has 3 rings (SSSR count). The van der Waals surface area contributed by atoms with Crippen molar-refractivity contribution in [2.45, 2.75) is 6.54 Å². The molecule has 0 aliphatic carbocycles. The van der Waals surface area contributed by atoms with Gasteiger partial charge in [-0.05, 0) is 29.5 Å². The Morgan fingerprint density at radius 3 is 2.77 bits per heavy atom. The van der Waals surface area contributed by atoms with Gasteiger partial charge in [-0.2, -0.15) is 0 Å². The maximum absolute atomic E-state index is 11.3. The highest BCUT2D eigenvalue weighted by atomic mass is 32.2. The lowest BCUT2D eigenvalue weighted by atomic mass is 10.2. The van der Waals surface area contributed by atoms with Crippen LogP contribution in [0.5, 0.6) is 0 Å². The molecule has 1 aromatic heterocycles. The fourth-order valence-electron chi connectivity index (χ4n) is 1.91. The minimum atomic E-state index is -0.368. The summed E-state index contributed by atoms with van der Waals surface area (Å²) in [6.45, 7) is 0.648. The second-order valence-corrected chi connectivity index (χ2v) is 5.58. The molecule has 2 amide bonds. The van der Waals surface area contributed by atoms with E-state index in [-0.39, 0.29) is 11.1 Å². The van der Waals surface area contributed by atoms with Crippen LogP contribution < -0.4 is 5.32 Å². The van der Waals surface area contributed by atoms with Crippen LogP contribution in [0.4, 0.5) is 4.79 Å². The number of aromatic nitrogens is 3. The molecular formula is C15H12N4O2S. The van der Waals surface area contributed by atoms with Gasteiger partial charge in [0.1, 0.15) is 5.69 Å². The van der Waals surface area contributed by atoms with Crippen LogP contribution in [-0.4, -0.2) is 26.1 Å². The maximum atomic E-state index is 11.3. The normalized spacial score (nSPS) is 16.6. The van der Waals surface area contributed by atoms with Gasteiger partial charge in [-0.25, -0.2) is 4.68 Å². The molecule has 1 saturated heterocycles. The standard InChI is InChI=1S/C15H12N4O2S/c20-14-13(22-15(21)16-14)8-4-7-12-10-19(18-17-12)9-11-5-2-1-3-6-11/h1-8,10H,9H2,(H,16,20,21)/b7-4+,13-8+. The first kappa shape index (κ1) is 14.3. The van der Waals surface area contributed by atoms with Gasteiger partial charge in [0.15, 0.2) is 0 Å². The summed E-state index contributed by atoms with van der Waals surface area (Å²) in [5, 5.41) is 9.93. The van der Waals surface area contributed by atoms with Crippen molar-refractivity contribution in [3.05, 3.63) is 64.8 Å². The number of carbonyl (C=O) groups excluding carboxylic acids is 2. The van der Waals surface area contributed by atoms with Gasteiger partial charge >= 0.3 is 0 Å². The second-order valence-electron chi connectivity index (χ2n) is 4.56. The zero-order chi connectivity index (χ0) is 15.4. The highest BCUT2D eigenvalue weighted by Crippen LogP contribution is 2.22. The number of allylic oxidation sites excluding steroid dienone is 2. The van der Waals surface area contributed by atoms with Crippen LogP contribution in [0.15, 0.2) is 53.6 Å². The SMILES string of the molecule is O=C1NC(=O)/C(=C\C=C\c2cn(Cc3ccccc3)nn2)S1. The van der Waals surface area contributed by atoms with Crippen LogP contribution in [0.1, 0.15) is 11.3 Å². The number of benzene rings is 1.